The van der Waals surface area contributed by atoms with Gasteiger partial charge < -0.3 is 10.2 Å². The van der Waals surface area contributed by atoms with Gasteiger partial charge in [0, 0.05) is 17.7 Å². The lowest BCUT2D eigenvalue weighted by Crippen LogP contribution is -2.39. The largest absolute Gasteiger partial charge is 0.479 e. The number of aliphatic hydroxyl groups is 1. The van der Waals surface area contributed by atoms with Crippen LogP contribution in [0, 0.1) is 10.1 Å². The van der Waals surface area contributed by atoms with Crippen molar-refractivity contribution in [1.29, 1.82) is 0 Å². The van der Waals surface area contributed by atoms with Gasteiger partial charge >= 0.3 is 5.97 Å². The number of carbonyl (C=O) groups is 1. The zero-order valence-corrected chi connectivity index (χ0v) is 11.0. The van der Waals surface area contributed by atoms with Crippen LogP contribution in [0.2, 0.25) is 0 Å². The number of carboxylic acids is 1. The monoisotopic (exact) mass is 292 g/mol. The molecule has 0 saturated carbocycles. The number of aliphatic carboxylic acids is 1. The Morgan fingerprint density at radius 2 is 2.05 bits per heavy atom. The zero-order chi connectivity index (χ0) is 15.6. The fourth-order valence-electron chi connectivity index (χ4n) is 1.62. The van der Waals surface area contributed by atoms with Crippen LogP contribution >= 0.6 is 0 Å². The Kier molecular flexibility index (Phi) is 3.68. The molecule has 110 valence electrons. The number of carboxylic acid groups (broad SMARTS) is 1. The highest BCUT2D eigenvalue weighted by molar-refractivity contribution is 5.76. The lowest BCUT2D eigenvalue weighted by molar-refractivity contribution is -0.384. The van der Waals surface area contributed by atoms with Gasteiger partial charge in [-0.1, -0.05) is 0 Å². The van der Waals surface area contributed by atoms with Crippen LogP contribution in [0.3, 0.4) is 0 Å². The minimum absolute atomic E-state index is 0.0491. The average molecular weight is 292 g/mol. The van der Waals surface area contributed by atoms with Gasteiger partial charge in [-0.05, 0) is 19.1 Å². The van der Waals surface area contributed by atoms with Crippen molar-refractivity contribution >= 4 is 11.7 Å². The Morgan fingerprint density at radius 1 is 1.43 bits per heavy atom. The number of hydrogen-bond donors (Lipinski definition) is 2. The molecule has 1 aromatic heterocycles. The summed E-state index contributed by atoms with van der Waals surface area (Å²) in [6.07, 6.45) is 1.29. The summed E-state index contributed by atoms with van der Waals surface area (Å²) in [6, 6.07) is 5.63. The normalized spacial score (nSPS) is 13.6. The van der Waals surface area contributed by atoms with Crippen molar-refractivity contribution in [3.8, 4) is 11.4 Å². The van der Waals surface area contributed by atoms with Crippen molar-refractivity contribution in [1.82, 2.24) is 14.8 Å². The van der Waals surface area contributed by atoms with Crippen LogP contribution in [-0.4, -0.2) is 41.5 Å². The molecule has 1 atom stereocenters. The van der Waals surface area contributed by atoms with Crippen molar-refractivity contribution < 1.29 is 19.9 Å². The van der Waals surface area contributed by atoms with Crippen LogP contribution in [0.1, 0.15) is 6.92 Å². The first-order valence-corrected chi connectivity index (χ1v) is 5.89. The minimum atomic E-state index is -1.96. The van der Waals surface area contributed by atoms with Crippen LogP contribution in [-0.2, 0) is 11.3 Å². The van der Waals surface area contributed by atoms with E-state index in [0.717, 1.165) is 6.92 Å². The van der Waals surface area contributed by atoms with Gasteiger partial charge in [0.2, 0.25) is 0 Å². The van der Waals surface area contributed by atoms with E-state index in [1.54, 1.807) is 0 Å². The Labute approximate surface area is 118 Å². The number of hydrogen-bond acceptors (Lipinski definition) is 6. The average Bonchev–Trinajstić information content (AvgIpc) is 2.86. The third-order valence-corrected chi connectivity index (χ3v) is 2.80. The second kappa shape index (κ2) is 5.29. The van der Waals surface area contributed by atoms with E-state index in [1.165, 1.54) is 35.3 Å². The molecule has 1 heterocycles. The molecule has 0 amide bonds. The lowest BCUT2D eigenvalue weighted by atomic mass is 10.1. The van der Waals surface area contributed by atoms with Crippen molar-refractivity contribution in [3.05, 3.63) is 40.7 Å². The van der Waals surface area contributed by atoms with Gasteiger partial charge in [0.15, 0.2) is 11.4 Å². The number of nitrogens with zero attached hydrogens (tertiary/aromatic N) is 4. The highest BCUT2D eigenvalue weighted by atomic mass is 16.6. The molecule has 1 aromatic carbocycles. The van der Waals surface area contributed by atoms with Crippen LogP contribution in [0.4, 0.5) is 5.69 Å². The molecule has 0 aliphatic rings. The van der Waals surface area contributed by atoms with E-state index in [2.05, 4.69) is 10.1 Å². The summed E-state index contributed by atoms with van der Waals surface area (Å²) >= 11 is 0. The summed E-state index contributed by atoms with van der Waals surface area (Å²) < 4.78 is 1.20. The summed E-state index contributed by atoms with van der Waals surface area (Å²) in [5, 5.41) is 33.1. The quantitative estimate of drug-likeness (QED) is 0.612. The molecule has 0 aliphatic heterocycles. The lowest BCUT2D eigenvalue weighted by Gasteiger charge is -2.16. The number of aromatic nitrogens is 3. The van der Waals surface area contributed by atoms with Gasteiger partial charge in [-0.25, -0.2) is 14.5 Å². The molecule has 21 heavy (non-hydrogen) atoms. The molecule has 2 N–H and O–H groups in total. The van der Waals surface area contributed by atoms with Crippen molar-refractivity contribution in [3.63, 3.8) is 0 Å². The molecule has 2 aromatic rings. The van der Waals surface area contributed by atoms with Crippen molar-refractivity contribution in [2.24, 2.45) is 0 Å². The van der Waals surface area contributed by atoms with Gasteiger partial charge in [0.05, 0.1) is 11.5 Å². The Hall–Kier alpha value is -2.81. The molecular formula is C12H12N4O5. The third-order valence-electron chi connectivity index (χ3n) is 2.80. The summed E-state index contributed by atoms with van der Waals surface area (Å²) in [6.45, 7) is 0.894. The standard InChI is InChI=1S/C12H12N4O5/c1-12(19,11(17)18)6-15-7-13-10(14-15)8-2-4-9(5-3-8)16(20)21/h2-5,7,19H,6H2,1H3,(H,17,18). The number of benzene rings is 1. The minimum Gasteiger partial charge on any atom is -0.479 e. The number of rotatable bonds is 5. The molecule has 0 fully saturated rings. The van der Waals surface area contributed by atoms with Crippen LogP contribution < -0.4 is 0 Å². The van der Waals surface area contributed by atoms with Gasteiger partial charge in [-0.3, -0.25) is 10.1 Å². The van der Waals surface area contributed by atoms with E-state index < -0.39 is 16.5 Å². The van der Waals surface area contributed by atoms with Gasteiger partial charge in [0.1, 0.15) is 6.33 Å². The van der Waals surface area contributed by atoms with Crippen LogP contribution in [0.15, 0.2) is 30.6 Å². The SMILES string of the molecule is CC(O)(Cn1cnc(-c2ccc([N+](=O)[O-])cc2)n1)C(=O)O. The van der Waals surface area contributed by atoms with E-state index >= 15 is 0 Å². The molecule has 0 bridgehead atoms. The first-order chi connectivity index (χ1) is 9.79. The molecule has 2 rings (SSSR count). The highest BCUT2D eigenvalue weighted by Gasteiger charge is 2.31. The second-order valence-electron chi connectivity index (χ2n) is 4.65. The molecule has 0 spiro atoms. The smallest absolute Gasteiger partial charge is 0.337 e. The number of nitro benzene ring substituents is 1. The zero-order valence-electron chi connectivity index (χ0n) is 11.0. The van der Waals surface area contributed by atoms with E-state index in [0.29, 0.717) is 5.56 Å². The van der Waals surface area contributed by atoms with E-state index in [1.807, 2.05) is 0 Å². The van der Waals surface area contributed by atoms with Gasteiger partial charge in [0.25, 0.3) is 5.69 Å². The van der Waals surface area contributed by atoms with E-state index in [-0.39, 0.29) is 18.1 Å². The van der Waals surface area contributed by atoms with Crippen LogP contribution in [0.25, 0.3) is 11.4 Å². The summed E-state index contributed by atoms with van der Waals surface area (Å²) in [7, 11) is 0. The second-order valence-corrected chi connectivity index (χ2v) is 4.65. The molecule has 0 aliphatic carbocycles. The third kappa shape index (κ3) is 3.20. The maximum absolute atomic E-state index is 10.8. The molecule has 9 heteroatoms. The molecule has 0 saturated heterocycles. The topological polar surface area (TPSA) is 131 Å². The highest BCUT2D eigenvalue weighted by Crippen LogP contribution is 2.19. The predicted molar refractivity (Wildman–Crippen MR) is 70.4 cm³/mol. The number of non-ortho nitro benzene ring substituents is 1. The first kappa shape index (κ1) is 14.6. The van der Waals surface area contributed by atoms with Gasteiger partial charge in [-0.2, -0.15) is 5.10 Å². The fraction of sp³-hybridized carbons (Fsp3) is 0.250. The Morgan fingerprint density at radius 3 is 2.57 bits per heavy atom. The number of nitro groups is 1. The van der Waals surface area contributed by atoms with Crippen molar-refractivity contribution in [2.45, 2.75) is 19.1 Å². The summed E-state index contributed by atoms with van der Waals surface area (Å²) in [5.41, 5.74) is -1.46. The Balaban J connectivity index is 2.20. The van der Waals surface area contributed by atoms with E-state index in [9.17, 15) is 20.0 Å². The molecule has 9 nitrogen and oxygen atoms in total. The molecule has 1 unspecified atom stereocenters. The molecular weight excluding hydrogens is 280 g/mol. The fourth-order valence-corrected chi connectivity index (χ4v) is 1.62. The van der Waals surface area contributed by atoms with Crippen LogP contribution in [0.5, 0.6) is 0 Å². The summed E-state index contributed by atoms with van der Waals surface area (Å²) in [5.74, 6) is -1.08. The molecule has 0 radical (unpaired) electrons. The maximum atomic E-state index is 10.8. The predicted octanol–water partition coefficient (Wildman–Crippen LogP) is 0.689. The van der Waals surface area contributed by atoms with Crippen molar-refractivity contribution in [2.75, 3.05) is 0 Å². The summed E-state index contributed by atoms with van der Waals surface area (Å²) in [4.78, 5) is 24.9. The van der Waals surface area contributed by atoms with Gasteiger partial charge in [-0.15, -0.1) is 0 Å². The maximum Gasteiger partial charge on any atom is 0.337 e. The van der Waals surface area contributed by atoms with E-state index in [4.69, 9.17) is 5.11 Å². The Bertz CT molecular complexity index is 677. The first-order valence-electron chi connectivity index (χ1n) is 5.89.